The van der Waals surface area contributed by atoms with Crippen molar-refractivity contribution >= 4 is 5.91 Å². The van der Waals surface area contributed by atoms with Crippen LogP contribution in [0.3, 0.4) is 0 Å². The molecule has 1 rings (SSSR count). The van der Waals surface area contributed by atoms with Crippen molar-refractivity contribution in [2.45, 2.75) is 71.8 Å². The van der Waals surface area contributed by atoms with Gasteiger partial charge in [0.25, 0.3) is 5.91 Å². The first-order chi connectivity index (χ1) is 12.6. The van der Waals surface area contributed by atoms with E-state index >= 15 is 0 Å². The number of hydrogen-bond acceptors (Lipinski definition) is 4. The number of aromatic hydroxyl groups is 1. The molecule has 5 heteroatoms. The monoisotopic (exact) mass is 365 g/mol. The minimum atomic E-state index is -0.337. The van der Waals surface area contributed by atoms with E-state index in [1.54, 1.807) is 12.1 Å². The van der Waals surface area contributed by atoms with Crippen molar-refractivity contribution < 1.29 is 19.7 Å². The highest BCUT2D eigenvalue weighted by molar-refractivity contribution is 5.95. The summed E-state index contributed by atoms with van der Waals surface area (Å²) in [4.78, 5) is 14.9. The van der Waals surface area contributed by atoms with Gasteiger partial charge in [0.05, 0.1) is 13.7 Å². The van der Waals surface area contributed by atoms with Gasteiger partial charge in [0.2, 0.25) is 0 Å². The normalized spacial score (nSPS) is 10.8. The predicted octanol–water partition coefficient (Wildman–Crippen LogP) is 4.50. The molecule has 0 aromatic heterocycles. The summed E-state index contributed by atoms with van der Waals surface area (Å²) in [6, 6.07) is 3.12. The van der Waals surface area contributed by atoms with Gasteiger partial charge in [0.1, 0.15) is 0 Å². The van der Waals surface area contributed by atoms with E-state index in [1.165, 1.54) is 32.8 Å². The van der Waals surface area contributed by atoms with Gasteiger partial charge in [-0.1, -0.05) is 52.4 Å². The zero-order valence-corrected chi connectivity index (χ0v) is 16.6. The average Bonchev–Trinajstić information content (AvgIpc) is 2.66. The van der Waals surface area contributed by atoms with Crippen molar-refractivity contribution in [3.63, 3.8) is 0 Å². The fraction of sp³-hybridized carbons (Fsp3) is 0.667. The lowest BCUT2D eigenvalue weighted by Crippen LogP contribution is -2.33. The topological polar surface area (TPSA) is 70.0 Å². The number of aliphatic hydroxyl groups excluding tert-OH is 1. The molecule has 26 heavy (non-hydrogen) atoms. The van der Waals surface area contributed by atoms with E-state index in [4.69, 9.17) is 4.74 Å². The van der Waals surface area contributed by atoms with E-state index in [1.807, 2.05) is 4.90 Å². The second-order valence-corrected chi connectivity index (χ2v) is 6.76. The fourth-order valence-electron chi connectivity index (χ4n) is 3.02. The van der Waals surface area contributed by atoms with E-state index in [0.717, 1.165) is 38.8 Å². The number of hydrogen-bond donors (Lipinski definition) is 2. The largest absolute Gasteiger partial charge is 0.504 e. The second kappa shape index (κ2) is 12.6. The molecule has 1 amide bonds. The van der Waals surface area contributed by atoms with Crippen LogP contribution in [0.2, 0.25) is 0 Å². The van der Waals surface area contributed by atoms with E-state index in [9.17, 15) is 15.0 Å². The summed E-state index contributed by atoms with van der Waals surface area (Å²) in [6.45, 7) is 5.49. The maximum atomic E-state index is 13.0. The molecule has 0 fully saturated rings. The van der Waals surface area contributed by atoms with Gasteiger partial charge in [0, 0.05) is 24.2 Å². The lowest BCUT2D eigenvalue weighted by Gasteiger charge is -2.23. The van der Waals surface area contributed by atoms with Gasteiger partial charge in [-0.3, -0.25) is 4.79 Å². The number of amides is 1. The summed E-state index contributed by atoms with van der Waals surface area (Å²) < 4.78 is 5.15. The molecule has 5 nitrogen and oxygen atoms in total. The second-order valence-electron chi connectivity index (χ2n) is 6.76. The van der Waals surface area contributed by atoms with Gasteiger partial charge >= 0.3 is 0 Å². The summed E-state index contributed by atoms with van der Waals surface area (Å²) in [6.07, 6.45) is 8.93. The lowest BCUT2D eigenvalue weighted by molar-refractivity contribution is 0.0748. The molecule has 0 bridgehead atoms. The number of benzene rings is 1. The third kappa shape index (κ3) is 6.87. The standard InChI is InChI=1S/C21H35NO4/c1-4-6-8-10-12-22(13-11-9-7-5-2)21(25)17-14-18(16-23)20(24)19(15-17)26-3/h14-15,23-24H,4-13,16H2,1-3H3. The van der Waals surface area contributed by atoms with Gasteiger partial charge in [-0.05, 0) is 25.0 Å². The van der Waals surface area contributed by atoms with Crippen LogP contribution in [0.4, 0.5) is 0 Å². The Morgan fingerprint density at radius 1 is 1.00 bits per heavy atom. The van der Waals surface area contributed by atoms with E-state index in [-0.39, 0.29) is 24.0 Å². The SMILES string of the molecule is CCCCCCN(CCCCCC)C(=O)c1cc(CO)c(O)c(OC)c1. The zero-order valence-electron chi connectivity index (χ0n) is 16.6. The third-order valence-corrected chi connectivity index (χ3v) is 4.64. The Morgan fingerprint density at radius 3 is 2.04 bits per heavy atom. The molecule has 0 heterocycles. The molecule has 0 unspecified atom stereocenters. The van der Waals surface area contributed by atoms with Crippen LogP contribution in [0.25, 0.3) is 0 Å². The summed E-state index contributed by atoms with van der Waals surface area (Å²) >= 11 is 0. The molecule has 0 aliphatic carbocycles. The van der Waals surface area contributed by atoms with E-state index in [0.29, 0.717) is 11.1 Å². The van der Waals surface area contributed by atoms with Crippen LogP contribution in [0.5, 0.6) is 11.5 Å². The van der Waals surface area contributed by atoms with E-state index in [2.05, 4.69) is 13.8 Å². The van der Waals surface area contributed by atoms with Crippen molar-refractivity contribution in [1.82, 2.24) is 4.90 Å². The first-order valence-corrected chi connectivity index (χ1v) is 9.88. The zero-order chi connectivity index (χ0) is 19.4. The Kier molecular flexibility index (Phi) is 10.8. The van der Waals surface area contributed by atoms with Crippen LogP contribution >= 0.6 is 0 Å². The number of carbonyl (C=O) groups excluding carboxylic acids is 1. The smallest absolute Gasteiger partial charge is 0.254 e. The summed E-state index contributed by atoms with van der Waals surface area (Å²) in [5.74, 6) is 0.0480. The highest BCUT2D eigenvalue weighted by Gasteiger charge is 2.19. The summed E-state index contributed by atoms with van der Waals surface area (Å²) in [7, 11) is 1.44. The first-order valence-electron chi connectivity index (χ1n) is 9.88. The number of nitrogens with zero attached hydrogens (tertiary/aromatic N) is 1. The van der Waals surface area contributed by atoms with Crippen molar-refractivity contribution in [3.8, 4) is 11.5 Å². The molecule has 0 saturated heterocycles. The fourth-order valence-corrected chi connectivity index (χ4v) is 3.02. The highest BCUT2D eigenvalue weighted by Crippen LogP contribution is 2.32. The molecule has 0 spiro atoms. The Bertz CT molecular complexity index is 508. The Morgan fingerprint density at radius 2 is 1.58 bits per heavy atom. The average molecular weight is 366 g/mol. The van der Waals surface area contributed by atoms with E-state index < -0.39 is 0 Å². The predicted molar refractivity (Wildman–Crippen MR) is 105 cm³/mol. The minimum absolute atomic E-state index is 0.0639. The molecule has 1 aromatic rings. The molecule has 0 saturated carbocycles. The van der Waals surface area contributed by atoms with Gasteiger partial charge in [-0.15, -0.1) is 0 Å². The lowest BCUT2D eigenvalue weighted by atomic mass is 10.1. The van der Waals surface area contributed by atoms with Crippen molar-refractivity contribution in [2.75, 3.05) is 20.2 Å². The van der Waals surface area contributed by atoms with Crippen LogP contribution < -0.4 is 4.74 Å². The molecule has 0 aliphatic heterocycles. The van der Waals surface area contributed by atoms with Crippen LogP contribution in [0.1, 0.15) is 81.1 Å². The van der Waals surface area contributed by atoms with Crippen LogP contribution in [-0.4, -0.2) is 41.2 Å². The maximum absolute atomic E-state index is 13.0. The Balaban J connectivity index is 2.90. The number of aliphatic hydroxyl groups is 1. The van der Waals surface area contributed by atoms with Crippen molar-refractivity contribution in [1.29, 1.82) is 0 Å². The van der Waals surface area contributed by atoms with Crippen molar-refractivity contribution in [2.24, 2.45) is 0 Å². The number of carbonyl (C=O) groups is 1. The maximum Gasteiger partial charge on any atom is 0.254 e. The van der Waals surface area contributed by atoms with Gasteiger partial charge in [-0.25, -0.2) is 0 Å². The molecular weight excluding hydrogens is 330 g/mol. The van der Waals surface area contributed by atoms with Gasteiger partial charge in [0.15, 0.2) is 11.5 Å². The molecular formula is C21H35NO4. The quantitative estimate of drug-likeness (QED) is 0.505. The molecule has 0 aliphatic rings. The summed E-state index contributed by atoms with van der Waals surface area (Å²) in [5.41, 5.74) is 0.763. The number of phenols is 1. The number of ether oxygens (including phenoxy) is 1. The van der Waals surface area contributed by atoms with Gasteiger partial charge < -0.3 is 19.8 Å². The van der Waals surface area contributed by atoms with Crippen molar-refractivity contribution in [3.05, 3.63) is 23.3 Å². The number of rotatable bonds is 13. The Hall–Kier alpha value is -1.75. The third-order valence-electron chi connectivity index (χ3n) is 4.64. The molecule has 0 atom stereocenters. The summed E-state index contributed by atoms with van der Waals surface area (Å²) in [5, 5.41) is 19.5. The molecule has 0 radical (unpaired) electrons. The number of unbranched alkanes of at least 4 members (excludes halogenated alkanes) is 6. The van der Waals surface area contributed by atoms with Gasteiger partial charge in [-0.2, -0.15) is 0 Å². The number of methoxy groups -OCH3 is 1. The molecule has 148 valence electrons. The van der Waals surface area contributed by atoms with Crippen LogP contribution in [0.15, 0.2) is 12.1 Å². The molecule has 1 aromatic carbocycles. The van der Waals surface area contributed by atoms with Crippen LogP contribution in [-0.2, 0) is 6.61 Å². The Labute approximate surface area is 158 Å². The minimum Gasteiger partial charge on any atom is -0.504 e. The highest BCUT2D eigenvalue weighted by atomic mass is 16.5. The first kappa shape index (κ1) is 22.3. The van der Waals surface area contributed by atoms with Crippen LogP contribution in [0, 0.1) is 0 Å². The molecule has 2 N–H and O–H groups in total.